The highest BCUT2D eigenvalue weighted by Crippen LogP contribution is 2.48. The molecule has 1 aliphatic carbocycles. The number of ether oxygens (including phenoxy) is 1. The molecule has 1 saturated carbocycles. The number of hydrogen-bond acceptors (Lipinski definition) is 5. The molecule has 0 unspecified atom stereocenters. The van der Waals surface area contributed by atoms with Crippen LogP contribution in [0.1, 0.15) is 45.8 Å². The standard InChI is InChI=1S/C33H29FN2O5S/c1-35-33(37)31-28-17-27(23-9-10-23)29(18-30(28)41-32(31)24-11-13-25(34)14-12-24)36(42(38)39)19-21-7-15-26(16-8-21)40-20-22-5-3-2-4-6-22/h2-8,11-18,23,42H,9-10,19-20H2,1H3,(H,35,37). The first-order chi connectivity index (χ1) is 20.4. The van der Waals surface area contributed by atoms with Gasteiger partial charge in [-0.15, -0.1) is 0 Å². The molecule has 1 aliphatic rings. The van der Waals surface area contributed by atoms with Gasteiger partial charge in [0, 0.05) is 24.1 Å². The first-order valence-corrected chi connectivity index (χ1v) is 14.8. The van der Waals surface area contributed by atoms with Crippen LogP contribution in [0.15, 0.2) is 95.4 Å². The highest BCUT2D eigenvalue weighted by atomic mass is 32.2. The molecule has 1 N–H and O–H groups in total. The smallest absolute Gasteiger partial charge is 0.255 e. The van der Waals surface area contributed by atoms with Crippen LogP contribution >= 0.6 is 0 Å². The first kappa shape index (κ1) is 27.5. The van der Waals surface area contributed by atoms with Gasteiger partial charge in [-0.2, -0.15) is 0 Å². The fourth-order valence-corrected chi connectivity index (χ4v) is 5.71. The topological polar surface area (TPSA) is 88.8 Å². The normalized spacial score (nSPS) is 12.9. The van der Waals surface area contributed by atoms with Crippen molar-refractivity contribution in [3.8, 4) is 17.1 Å². The summed E-state index contributed by atoms with van der Waals surface area (Å²) in [5, 5.41) is 3.25. The lowest BCUT2D eigenvalue weighted by atomic mass is 10.00. The SMILES string of the molecule is CNC(=O)c1c(-c2ccc(F)cc2)oc2cc(N(Cc3ccc(OCc4ccccc4)cc3)[SH](=O)=O)c(C3CC3)cc12. The van der Waals surface area contributed by atoms with E-state index in [9.17, 15) is 17.6 Å². The molecule has 0 atom stereocenters. The second-order valence-electron chi connectivity index (χ2n) is 10.3. The van der Waals surface area contributed by atoms with Gasteiger partial charge in [0.15, 0.2) is 0 Å². The number of carbonyl (C=O) groups is 1. The lowest BCUT2D eigenvalue weighted by Crippen LogP contribution is -2.22. The second kappa shape index (κ2) is 11.7. The fourth-order valence-electron chi connectivity index (χ4n) is 5.08. The number of furan rings is 1. The Morgan fingerprint density at radius 1 is 0.976 bits per heavy atom. The molecular formula is C33H29FN2O5S. The van der Waals surface area contributed by atoms with Gasteiger partial charge in [-0.1, -0.05) is 42.5 Å². The summed E-state index contributed by atoms with van der Waals surface area (Å²) < 4.78 is 52.3. The molecule has 0 spiro atoms. The third-order valence-electron chi connectivity index (χ3n) is 7.39. The van der Waals surface area contributed by atoms with Gasteiger partial charge in [-0.3, -0.25) is 9.10 Å². The Morgan fingerprint density at radius 2 is 1.69 bits per heavy atom. The average Bonchev–Trinajstić information content (AvgIpc) is 3.79. The molecule has 1 fully saturated rings. The van der Waals surface area contributed by atoms with Gasteiger partial charge in [-0.05, 0) is 77.9 Å². The number of fused-ring (bicyclic) bond motifs is 1. The van der Waals surface area contributed by atoms with Crippen molar-refractivity contribution in [2.75, 3.05) is 11.4 Å². The van der Waals surface area contributed by atoms with E-state index in [-0.39, 0.29) is 18.4 Å². The number of carbonyl (C=O) groups excluding carboxylic acids is 1. The number of thiol groups is 1. The molecule has 1 aromatic heterocycles. The van der Waals surface area contributed by atoms with Crippen LogP contribution in [0.4, 0.5) is 10.1 Å². The molecule has 42 heavy (non-hydrogen) atoms. The zero-order valence-electron chi connectivity index (χ0n) is 22.9. The third-order valence-corrected chi connectivity index (χ3v) is 8.15. The maximum Gasteiger partial charge on any atom is 0.255 e. The van der Waals surface area contributed by atoms with Crippen molar-refractivity contribution in [2.45, 2.75) is 31.9 Å². The molecule has 6 rings (SSSR count). The molecule has 1 amide bonds. The number of rotatable bonds is 10. The minimum Gasteiger partial charge on any atom is -0.489 e. The summed E-state index contributed by atoms with van der Waals surface area (Å²) in [6.45, 7) is 0.557. The van der Waals surface area contributed by atoms with Gasteiger partial charge in [0.25, 0.3) is 5.91 Å². The molecule has 0 aliphatic heterocycles. The summed E-state index contributed by atoms with van der Waals surface area (Å²) >= 11 is 0. The molecule has 7 nitrogen and oxygen atoms in total. The maximum absolute atomic E-state index is 13.6. The molecule has 4 aromatic carbocycles. The lowest BCUT2D eigenvalue weighted by molar-refractivity contribution is 0.0964. The third kappa shape index (κ3) is 5.73. The van der Waals surface area contributed by atoms with E-state index in [4.69, 9.17) is 9.15 Å². The van der Waals surface area contributed by atoms with E-state index in [1.54, 1.807) is 18.2 Å². The number of nitrogens with zero attached hydrogens (tertiary/aromatic N) is 1. The zero-order chi connectivity index (χ0) is 29.2. The summed E-state index contributed by atoms with van der Waals surface area (Å²) in [4.78, 5) is 13.0. The summed E-state index contributed by atoms with van der Waals surface area (Å²) in [7, 11) is -1.47. The van der Waals surface area contributed by atoms with Gasteiger partial charge >= 0.3 is 0 Å². The van der Waals surface area contributed by atoms with E-state index in [0.29, 0.717) is 45.9 Å². The second-order valence-corrected chi connectivity index (χ2v) is 11.2. The number of benzene rings is 4. The summed E-state index contributed by atoms with van der Waals surface area (Å²) in [6, 6.07) is 26.5. The Morgan fingerprint density at radius 3 is 2.33 bits per heavy atom. The Bertz CT molecular complexity index is 1800. The first-order valence-electron chi connectivity index (χ1n) is 13.7. The Balaban J connectivity index is 1.35. The molecule has 1 heterocycles. The predicted molar refractivity (Wildman–Crippen MR) is 161 cm³/mol. The van der Waals surface area contributed by atoms with Crippen LogP contribution in [0.3, 0.4) is 0 Å². The summed E-state index contributed by atoms with van der Waals surface area (Å²) in [5.74, 6) is 0.417. The van der Waals surface area contributed by atoms with Crippen molar-refractivity contribution in [3.05, 3.63) is 119 Å². The molecule has 0 saturated heterocycles. The van der Waals surface area contributed by atoms with Crippen LogP contribution in [0.5, 0.6) is 5.75 Å². The van der Waals surface area contributed by atoms with Gasteiger partial charge in [0.05, 0.1) is 17.8 Å². The molecule has 5 aromatic rings. The number of hydrogen-bond donors (Lipinski definition) is 2. The van der Waals surface area contributed by atoms with E-state index in [1.165, 1.54) is 23.5 Å². The van der Waals surface area contributed by atoms with Crippen LogP contribution < -0.4 is 14.4 Å². The predicted octanol–water partition coefficient (Wildman–Crippen LogP) is 6.59. The average molecular weight is 585 g/mol. The van der Waals surface area contributed by atoms with Gasteiger partial charge in [0.1, 0.15) is 29.5 Å². The van der Waals surface area contributed by atoms with Crippen molar-refractivity contribution in [1.82, 2.24) is 5.32 Å². The van der Waals surface area contributed by atoms with E-state index < -0.39 is 16.7 Å². The van der Waals surface area contributed by atoms with E-state index in [0.717, 1.165) is 29.5 Å². The number of nitrogens with one attached hydrogen (secondary N) is 1. The van der Waals surface area contributed by atoms with Gasteiger partial charge in [0.2, 0.25) is 10.9 Å². The highest BCUT2D eigenvalue weighted by Gasteiger charge is 2.31. The van der Waals surface area contributed by atoms with Crippen molar-refractivity contribution in [3.63, 3.8) is 0 Å². The molecule has 9 heteroatoms. The Hall–Kier alpha value is -4.63. The van der Waals surface area contributed by atoms with Crippen LogP contribution in [0.25, 0.3) is 22.3 Å². The van der Waals surface area contributed by atoms with Crippen molar-refractivity contribution in [2.24, 2.45) is 0 Å². The molecular weight excluding hydrogens is 555 g/mol. The maximum atomic E-state index is 13.6. The van der Waals surface area contributed by atoms with Crippen molar-refractivity contribution >= 4 is 33.5 Å². The van der Waals surface area contributed by atoms with E-state index in [1.807, 2.05) is 60.7 Å². The number of anilines is 1. The highest BCUT2D eigenvalue weighted by molar-refractivity contribution is 7.74. The summed E-state index contributed by atoms with van der Waals surface area (Å²) in [5.41, 5.74) is 4.46. The summed E-state index contributed by atoms with van der Waals surface area (Å²) in [6.07, 6.45) is 1.85. The molecule has 0 radical (unpaired) electrons. The minimum atomic E-state index is -3.00. The lowest BCUT2D eigenvalue weighted by Gasteiger charge is -2.21. The molecule has 214 valence electrons. The Kier molecular flexibility index (Phi) is 7.67. The number of amides is 1. The number of halogens is 1. The largest absolute Gasteiger partial charge is 0.489 e. The zero-order valence-corrected chi connectivity index (χ0v) is 23.8. The Labute approximate surface area is 244 Å². The van der Waals surface area contributed by atoms with Crippen molar-refractivity contribution in [1.29, 1.82) is 0 Å². The van der Waals surface area contributed by atoms with Crippen LogP contribution in [-0.2, 0) is 24.0 Å². The van der Waals surface area contributed by atoms with Gasteiger partial charge < -0.3 is 14.5 Å². The van der Waals surface area contributed by atoms with Crippen LogP contribution in [-0.4, -0.2) is 21.4 Å². The van der Waals surface area contributed by atoms with Crippen LogP contribution in [0.2, 0.25) is 0 Å². The van der Waals surface area contributed by atoms with E-state index in [2.05, 4.69) is 5.32 Å². The fraction of sp³-hybridized carbons (Fsp3) is 0.182. The monoisotopic (exact) mass is 584 g/mol. The van der Waals surface area contributed by atoms with Crippen LogP contribution in [0, 0.1) is 5.82 Å². The molecule has 0 bridgehead atoms. The van der Waals surface area contributed by atoms with Crippen molar-refractivity contribution < 1.29 is 26.8 Å². The van der Waals surface area contributed by atoms with E-state index >= 15 is 0 Å². The van der Waals surface area contributed by atoms with Gasteiger partial charge in [-0.25, -0.2) is 12.8 Å². The quantitative estimate of drug-likeness (QED) is 0.181. The minimum absolute atomic E-state index is 0.122.